The van der Waals surface area contributed by atoms with Gasteiger partial charge in [-0.1, -0.05) is 76.2 Å². The quantitative estimate of drug-likeness (QED) is 0.177. The highest BCUT2D eigenvalue weighted by Crippen LogP contribution is 2.42. The van der Waals surface area contributed by atoms with Crippen molar-refractivity contribution in [3.05, 3.63) is 82.2 Å². The molecule has 6 heteroatoms. The van der Waals surface area contributed by atoms with E-state index in [9.17, 15) is 9.59 Å². The Labute approximate surface area is 249 Å². The molecule has 0 fully saturated rings. The van der Waals surface area contributed by atoms with Crippen LogP contribution in [0.15, 0.2) is 48.5 Å². The minimum atomic E-state index is -0.337. The average molecular weight is 569 g/mol. The van der Waals surface area contributed by atoms with Crippen LogP contribution >= 0.6 is 0 Å². The molecular weight excluding hydrogens is 524 g/mol. The van der Waals surface area contributed by atoms with Gasteiger partial charge in [0.15, 0.2) is 0 Å². The van der Waals surface area contributed by atoms with E-state index in [0.717, 1.165) is 68.7 Å². The second-order valence-corrected chi connectivity index (χ2v) is 11.7. The first kappa shape index (κ1) is 30.9. The Bertz CT molecular complexity index is 1450. The van der Waals surface area contributed by atoms with Gasteiger partial charge in [0.2, 0.25) is 0 Å². The minimum Gasteiger partial charge on any atom is -0.461 e. The van der Waals surface area contributed by atoms with E-state index in [4.69, 9.17) is 9.47 Å². The molecule has 6 nitrogen and oxygen atoms in total. The molecule has 0 saturated heterocycles. The Morgan fingerprint density at radius 1 is 0.619 bits per heavy atom. The molecule has 222 valence electrons. The summed E-state index contributed by atoms with van der Waals surface area (Å²) in [7, 11) is 0. The number of H-pyrrole nitrogens is 2. The lowest BCUT2D eigenvalue weighted by Crippen LogP contribution is -2.07. The number of carbonyl (C=O) groups is 2. The van der Waals surface area contributed by atoms with Crippen LogP contribution in [0.4, 0.5) is 0 Å². The number of hydrogen-bond donors (Lipinski definition) is 2. The Balaban J connectivity index is 1.96. The number of hydrogen-bond acceptors (Lipinski definition) is 4. The van der Waals surface area contributed by atoms with Crippen molar-refractivity contribution in [3.8, 4) is 33.6 Å². The van der Waals surface area contributed by atoms with E-state index in [1.54, 1.807) is 0 Å². The van der Waals surface area contributed by atoms with Crippen LogP contribution in [0.3, 0.4) is 0 Å². The smallest absolute Gasteiger partial charge is 0.355 e. The molecule has 2 N–H and O–H groups in total. The number of benzene rings is 2. The number of ether oxygens (including phenoxy) is 2. The highest BCUT2D eigenvalue weighted by atomic mass is 16.5. The molecule has 4 rings (SSSR count). The molecule has 0 aliphatic rings. The maximum atomic E-state index is 12.9. The topological polar surface area (TPSA) is 84.2 Å². The molecule has 0 aliphatic carbocycles. The number of aromatic nitrogens is 2. The molecule has 0 spiro atoms. The van der Waals surface area contributed by atoms with Gasteiger partial charge in [-0.15, -0.1) is 0 Å². The molecule has 2 aromatic carbocycles. The fourth-order valence-electron chi connectivity index (χ4n) is 5.74. The molecule has 4 aromatic rings. The number of rotatable bonds is 11. The summed E-state index contributed by atoms with van der Waals surface area (Å²) >= 11 is 0. The van der Waals surface area contributed by atoms with Crippen molar-refractivity contribution in [3.63, 3.8) is 0 Å². The summed E-state index contributed by atoms with van der Waals surface area (Å²) in [5.74, 6) is 0.121. The van der Waals surface area contributed by atoms with Crippen LogP contribution in [0.5, 0.6) is 0 Å². The van der Waals surface area contributed by atoms with Gasteiger partial charge in [0, 0.05) is 11.1 Å². The molecule has 0 atom stereocenters. The first-order valence-electron chi connectivity index (χ1n) is 15.0. The molecule has 0 bridgehead atoms. The summed E-state index contributed by atoms with van der Waals surface area (Å²) in [5.41, 5.74) is 11.1. The Kier molecular flexibility index (Phi) is 9.77. The van der Waals surface area contributed by atoms with Crippen LogP contribution in [-0.4, -0.2) is 35.1 Å². The number of nitrogens with one attached hydrogen (secondary N) is 2. The second kappa shape index (κ2) is 13.3. The van der Waals surface area contributed by atoms with Crippen LogP contribution in [0.25, 0.3) is 33.6 Å². The summed E-state index contributed by atoms with van der Waals surface area (Å²) in [4.78, 5) is 32.7. The van der Waals surface area contributed by atoms with Crippen molar-refractivity contribution in [2.45, 2.75) is 68.2 Å². The van der Waals surface area contributed by atoms with Gasteiger partial charge in [-0.05, 0) is 85.8 Å². The first-order valence-corrected chi connectivity index (χ1v) is 15.0. The highest BCUT2D eigenvalue weighted by Gasteiger charge is 2.26. The maximum Gasteiger partial charge on any atom is 0.355 e. The normalized spacial score (nSPS) is 11.4. The predicted molar refractivity (Wildman–Crippen MR) is 170 cm³/mol. The summed E-state index contributed by atoms with van der Waals surface area (Å²) in [6, 6.07) is 16.6. The van der Waals surface area contributed by atoms with Crippen molar-refractivity contribution >= 4 is 11.9 Å². The van der Waals surface area contributed by atoms with Crippen LogP contribution < -0.4 is 0 Å². The second-order valence-electron chi connectivity index (χ2n) is 11.7. The summed E-state index contributed by atoms with van der Waals surface area (Å²) in [6.45, 7) is 17.0. The zero-order valence-corrected chi connectivity index (χ0v) is 26.2. The van der Waals surface area contributed by atoms with Crippen molar-refractivity contribution < 1.29 is 19.1 Å². The van der Waals surface area contributed by atoms with Crippen molar-refractivity contribution in [1.29, 1.82) is 0 Å². The largest absolute Gasteiger partial charge is 0.461 e. The predicted octanol–water partition coefficient (Wildman–Crippen LogP) is 8.71. The molecule has 0 aliphatic heterocycles. The fraction of sp³-hybridized carbons (Fsp3) is 0.389. The summed E-state index contributed by atoms with van der Waals surface area (Å²) in [5, 5.41) is 0. The van der Waals surface area contributed by atoms with E-state index >= 15 is 0 Å². The van der Waals surface area contributed by atoms with E-state index in [1.807, 2.05) is 52.0 Å². The lowest BCUT2D eigenvalue weighted by atomic mass is 9.88. The zero-order valence-electron chi connectivity index (χ0n) is 26.2. The van der Waals surface area contributed by atoms with E-state index in [2.05, 4.69) is 61.9 Å². The van der Waals surface area contributed by atoms with E-state index in [1.165, 1.54) is 0 Å². The minimum absolute atomic E-state index is 0.318. The lowest BCUT2D eigenvalue weighted by molar-refractivity contribution is 0.0510. The number of aromatic amines is 2. The molecule has 42 heavy (non-hydrogen) atoms. The third kappa shape index (κ3) is 6.23. The lowest BCUT2D eigenvalue weighted by Gasteiger charge is -2.17. The van der Waals surface area contributed by atoms with Crippen molar-refractivity contribution in [2.24, 2.45) is 11.8 Å². The van der Waals surface area contributed by atoms with Gasteiger partial charge < -0.3 is 19.4 Å². The summed E-state index contributed by atoms with van der Waals surface area (Å²) < 4.78 is 10.8. The molecular formula is C36H44N2O4. The van der Waals surface area contributed by atoms with Gasteiger partial charge in [-0.2, -0.15) is 0 Å². The van der Waals surface area contributed by atoms with E-state index < -0.39 is 0 Å². The maximum absolute atomic E-state index is 12.9. The van der Waals surface area contributed by atoms with Gasteiger partial charge in [0.05, 0.1) is 24.6 Å². The highest BCUT2D eigenvalue weighted by molar-refractivity contribution is 5.97. The Hall–Kier alpha value is -4.06. The van der Waals surface area contributed by atoms with Gasteiger partial charge in [0.1, 0.15) is 11.4 Å². The SMILES string of the molecule is CCOC(=O)c1[nH]c(-c2ccccc2-c2ccccc2-c2[nH]c(C(=O)OCC)c(C)c2CC(C)C)c(CC(C)C)c1C. The van der Waals surface area contributed by atoms with Crippen LogP contribution in [0.2, 0.25) is 0 Å². The average Bonchev–Trinajstić information content (AvgIpc) is 3.44. The summed E-state index contributed by atoms with van der Waals surface area (Å²) in [6.07, 6.45) is 1.65. The van der Waals surface area contributed by atoms with Crippen LogP contribution in [0.1, 0.15) is 84.8 Å². The third-order valence-corrected chi connectivity index (χ3v) is 7.63. The molecule has 0 unspecified atom stereocenters. The fourth-order valence-corrected chi connectivity index (χ4v) is 5.74. The molecule has 2 aromatic heterocycles. The standard InChI is InChI=1S/C36H44N2O4/c1-9-41-35(39)31-23(7)29(19-21(3)4)33(37-31)27-17-13-11-15-25(27)26-16-12-14-18-28(26)34-30(20-22(5)6)24(8)32(38-34)36(40)42-10-2/h11-18,21-22,37-38H,9-10,19-20H2,1-8H3. The number of carbonyl (C=O) groups excluding carboxylic acids is 2. The molecule has 0 amide bonds. The Morgan fingerprint density at radius 2 is 0.952 bits per heavy atom. The zero-order chi connectivity index (χ0) is 30.6. The van der Waals surface area contributed by atoms with E-state index in [0.29, 0.717) is 36.4 Å². The molecule has 2 heterocycles. The number of esters is 2. The molecule has 0 saturated carbocycles. The van der Waals surface area contributed by atoms with Crippen LogP contribution in [-0.2, 0) is 22.3 Å². The Morgan fingerprint density at radius 3 is 1.26 bits per heavy atom. The van der Waals surface area contributed by atoms with Crippen molar-refractivity contribution in [2.75, 3.05) is 13.2 Å². The monoisotopic (exact) mass is 568 g/mol. The third-order valence-electron chi connectivity index (χ3n) is 7.63. The van der Waals surface area contributed by atoms with E-state index in [-0.39, 0.29) is 11.9 Å². The first-order chi connectivity index (χ1) is 20.1. The molecule has 0 radical (unpaired) electrons. The van der Waals surface area contributed by atoms with Crippen LogP contribution in [0, 0.1) is 25.7 Å². The van der Waals surface area contributed by atoms with Gasteiger partial charge >= 0.3 is 11.9 Å². The van der Waals surface area contributed by atoms with Gasteiger partial charge in [-0.25, -0.2) is 9.59 Å². The van der Waals surface area contributed by atoms with Gasteiger partial charge in [-0.3, -0.25) is 0 Å². The van der Waals surface area contributed by atoms with Gasteiger partial charge in [0.25, 0.3) is 0 Å². The van der Waals surface area contributed by atoms with Crippen molar-refractivity contribution in [1.82, 2.24) is 9.97 Å².